The summed E-state index contributed by atoms with van der Waals surface area (Å²) in [5.41, 5.74) is 0.837. The van der Waals surface area contributed by atoms with Crippen molar-refractivity contribution >= 4 is 22.5 Å². The quantitative estimate of drug-likeness (QED) is 0.581. The summed E-state index contributed by atoms with van der Waals surface area (Å²) in [4.78, 5) is 0. The number of aromatic nitrogens is 1. The predicted octanol–water partition coefficient (Wildman–Crippen LogP) is 2.48. The van der Waals surface area contributed by atoms with Gasteiger partial charge in [-0.05, 0) is 18.2 Å². The molecule has 1 aromatic heterocycles. The molecule has 1 heterocycles. The Morgan fingerprint density at radius 3 is 3.20 bits per heavy atom. The molecule has 2 nitrogen and oxygen atoms in total. The molecule has 0 aliphatic heterocycles. The van der Waals surface area contributed by atoms with Crippen LogP contribution in [0.1, 0.15) is 0 Å². The Labute approximate surface area is 62.4 Å². The average molecular weight is 154 g/mol. The van der Waals surface area contributed by atoms with Crippen molar-refractivity contribution in [1.29, 1.82) is 0 Å². The molecule has 0 bridgehead atoms. The van der Waals surface area contributed by atoms with Crippen LogP contribution in [0.4, 0.5) is 0 Å². The molecule has 10 heavy (non-hydrogen) atoms. The van der Waals surface area contributed by atoms with Crippen molar-refractivity contribution in [2.75, 3.05) is 0 Å². The average Bonchev–Trinajstić information content (AvgIpc) is 2.33. The van der Waals surface area contributed by atoms with Gasteiger partial charge in [-0.2, -0.15) is 0 Å². The second-order valence-corrected chi connectivity index (χ2v) is 2.45. The highest BCUT2D eigenvalue weighted by atomic mass is 35.5. The van der Waals surface area contributed by atoms with Crippen molar-refractivity contribution in [3.05, 3.63) is 29.5 Å². The number of fused-ring (bicyclic) bond motifs is 1. The van der Waals surface area contributed by atoms with E-state index in [1.165, 1.54) is 0 Å². The topological polar surface area (TPSA) is 26.0 Å². The van der Waals surface area contributed by atoms with Crippen molar-refractivity contribution in [2.45, 2.75) is 0 Å². The lowest BCUT2D eigenvalue weighted by Gasteiger charge is -1.85. The van der Waals surface area contributed by atoms with E-state index < -0.39 is 0 Å². The van der Waals surface area contributed by atoms with E-state index in [2.05, 4.69) is 5.16 Å². The fourth-order valence-corrected chi connectivity index (χ4v) is 1.02. The minimum atomic E-state index is 0.704. The lowest BCUT2D eigenvalue weighted by molar-refractivity contribution is 0.428. The highest BCUT2D eigenvalue weighted by molar-refractivity contribution is 6.31. The summed E-state index contributed by atoms with van der Waals surface area (Å²) in [5, 5.41) is 5.37. The molecule has 3 heteroatoms. The molecular formula is C7H4ClNO. The van der Waals surface area contributed by atoms with Crippen LogP contribution in [0, 0.1) is 0 Å². The molecule has 0 spiro atoms. The Kier molecular flexibility index (Phi) is 1.14. The number of rotatable bonds is 0. The van der Waals surface area contributed by atoms with Crippen LogP contribution in [0.5, 0.6) is 0 Å². The first kappa shape index (κ1) is 5.74. The number of hydrogen-bond acceptors (Lipinski definition) is 2. The highest BCUT2D eigenvalue weighted by Gasteiger charge is 1.96. The molecule has 0 saturated carbocycles. The van der Waals surface area contributed by atoms with Crippen LogP contribution in [-0.2, 0) is 0 Å². The summed E-state index contributed by atoms with van der Waals surface area (Å²) in [7, 11) is 0. The summed E-state index contributed by atoms with van der Waals surface area (Å²) < 4.78 is 4.71. The molecule has 0 radical (unpaired) electrons. The summed E-state index contributed by atoms with van der Waals surface area (Å²) in [5.74, 6) is 0. The molecule has 50 valence electrons. The second kappa shape index (κ2) is 1.99. The number of hydrogen-bond donors (Lipinski definition) is 0. The van der Waals surface area contributed by atoms with Crippen LogP contribution in [0.25, 0.3) is 10.9 Å². The first-order valence-electron chi connectivity index (χ1n) is 2.86. The number of halogens is 1. The van der Waals surface area contributed by atoms with E-state index in [1.54, 1.807) is 12.3 Å². The van der Waals surface area contributed by atoms with E-state index in [9.17, 15) is 0 Å². The molecular weight excluding hydrogens is 150 g/mol. The standard InChI is InChI=1S/C7H4ClNO/c8-6-1-2-7-5(3-6)4-10-9-7/h1-4H. The molecule has 0 atom stereocenters. The summed E-state index contributed by atoms with van der Waals surface area (Å²) in [6, 6.07) is 5.42. The second-order valence-electron chi connectivity index (χ2n) is 2.02. The van der Waals surface area contributed by atoms with Crippen molar-refractivity contribution in [3.8, 4) is 0 Å². The van der Waals surface area contributed by atoms with Crippen molar-refractivity contribution in [1.82, 2.24) is 5.16 Å². The minimum Gasteiger partial charge on any atom is -0.364 e. The molecule has 0 aliphatic rings. The molecule has 0 saturated heterocycles. The van der Waals surface area contributed by atoms with Gasteiger partial charge in [-0.15, -0.1) is 0 Å². The zero-order valence-corrected chi connectivity index (χ0v) is 5.80. The normalized spacial score (nSPS) is 10.5. The SMILES string of the molecule is Clc1ccc2nocc2c1. The van der Waals surface area contributed by atoms with Gasteiger partial charge in [-0.25, -0.2) is 0 Å². The Morgan fingerprint density at radius 2 is 2.30 bits per heavy atom. The molecule has 0 fully saturated rings. The van der Waals surface area contributed by atoms with E-state index in [0.29, 0.717) is 5.02 Å². The maximum absolute atomic E-state index is 5.71. The maximum atomic E-state index is 5.71. The van der Waals surface area contributed by atoms with Crippen molar-refractivity contribution in [2.24, 2.45) is 0 Å². The monoisotopic (exact) mass is 153 g/mol. The lowest BCUT2D eigenvalue weighted by Crippen LogP contribution is -1.65. The largest absolute Gasteiger partial charge is 0.364 e. The van der Waals surface area contributed by atoms with Crippen LogP contribution >= 0.6 is 11.6 Å². The van der Waals surface area contributed by atoms with Gasteiger partial charge in [0.05, 0.1) is 0 Å². The van der Waals surface area contributed by atoms with E-state index in [4.69, 9.17) is 16.1 Å². The summed E-state index contributed by atoms with van der Waals surface area (Å²) in [6.07, 6.45) is 1.57. The predicted molar refractivity (Wildman–Crippen MR) is 39.0 cm³/mol. The summed E-state index contributed by atoms with van der Waals surface area (Å²) >= 11 is 5.71. The highest BCUT2D eigenvalue weighted by Crippen LogP contribution is 2.17. The van der Waals surface area contributed by atoms with Crippen molar-refractivity contribution < 1.29 is 4.52 Å². The molecule has 2 aromatic rings. The van der Waals surface area contributed by atoms with Crippen LogP contribution < -0.4 is 0 Å². The van der Waals surface area contributed by atoms with Gasteiger partial charge in [-0.3, -0.25) is 0 Å². The van der Waals surface area contributed by atoms with E-state index in [-0.39, 0.29) is 0 Å². The molecule has 0 aliphatic carbocycles. The molecule has 2 rings (SSSR count). The third kappa shape index (κ3) is 0.772. The van der Waals surface area contributed by atoms with Gasteiger partial charge in [0.1, 0.15) is 11.8 Å². The summed E-state index contributed by atoms with van der Waals surface area (Å²) in [6.45, 7) is 0. The van der Waals surface area contributed by atoms with E-state index in [1.807, 2.05) is 12.1 Å². The number of benzene rings is 1. The zero-order valence-electron chi connectivity index (χ0n) is 5.04. The Balaban J connectivity index is 2.86. The van der Waals surface area contributed by atoms with Crippen LogP contribution in [-0.4, -0.2) is 5.16 Å². The van der Waals surface area contributed by atoms with Crippen LogP contribution in [0.15, 0.2) is 29.0 Å². The zero-order chi connectivity index (χ0) is 6.97. The van der Waals surface area contributed by atoms with Gasteiger partial charge in [0, 0.05) is 10.4 Å². The van der Waals surface area contributed by atoms with E-state index in [0.717, 1.165) is 10.9 Å². The molecule has 0 unspecified atom stereocenters. The third-order valence-corrected chi connectivity index (χ3v) is 1.56. The van der Waals surface area contributed by atoms with Crippen LogP contribution in [0.2, 0.25) is 5.02 Å². The van der Waals surface area contributed by atoms with Gasteiger partial charge < -0.3 is 4.52 Å². The molecule has 0 amide bonds. The van der Waals surface area contributed by atoms with Gasteiger partial charge >= 0.3 is 0 Å². The fraction of sp³-hybridized carbons (Fsp3) is 0. The van der Waals surface area contributed by atoms with Gasteiger partial charge in [0.2, 0.25) is 0 Å². The molecule has 1 aromatic carbocycles. The number of nitrogens with zero attached hydrogens (tertiary/aromatic N) is 1. The first-order chi connectivity index (χ1) is 4.86. The van der Waals surface area contributed by atoms with Gasteiger partial charge in [0.25, 0.3) is 0 Å². The fourth-order valence-electron chi connectivity index (χ4n) is 0.843. The van der Waals surface area contributed by atoms with E-state index >= 15 is 0 Å². The third-order valence-electron chi connectivity index (χ3n) is 1.32. The van der Waals surface area contributed by atoms with Gasteiger partial charge in [-0.1, -0.05) is 16.8 Å². The van der Waals surface area contributed by atoms with Gasteiger partial charge in [0.15, 0.2) is 0 Å². The van der Waals surface area contributed by atoms with Crippen molar-refractivity contribution in [3.63, 3.8) is 0 Å². The Hall–Kier alpha value is -1.02. The first-order valence-corrected chi connectivity index (χ1v) is 3.24. The Morgan fingerprint density at radius 1 is 1.40 bits per heavy atom. The Bertz CT molecular complexity index is 355. The van der Waals surface area contributed by atoms with Crippen LogP contribution in [0.3, 0.4) is 0 Å². The maximum Gasteiger partial charge on any atom is 0.131 e. The smallest absolute Gasteiger partial charge is 0.131 e. The molecule has 0 N–H and O–H groups in total. The minimum absolute atomic E-state index is 0.704. The lowest BCUT2D eigenvalue weighted by atomic mass is 10.3.